The van der Waals surface area contributed by atoms with Gasteiger partial charge in [0.1, 0.15) is 12.3 Å². The number of hydrogen-bond acceptors (Lipinski definition) is 5. The Kier molecular flexibility index (Phi) is 6.71. The van der Waals surface area contributed by atoms with Crippen molar-refractivity contribution in [2.45, 2.75) is 50.7 Å². The van der Waals surface area contributed by atoms with Crippen LogP contribution in [-0.2, 0) is 16.1 Å². The lowest BCUT2D eigenvalue weighted by molar-refractivity contribution is -0.569. The lowest BCUT2D eigenvalue weighted by atomic mass is 9.92. The first-order valence-corrected chi connectivity index (χ1v) is 8.49. The van der Waals surface area contributed by atoms with Gasteiger partial charge in [-0.25, -0.2) is 9.59 Å². The Balaban J connectivity index is 1.89. The van der Waals surface area contributed by atoms with Crippen molar-refractivity contribution in [1.82, 2.24) is 5.32 Å². The highest BCUT2D eigenvalue weighted by molar-refractivity contribution is 5.90. The van der Waals surface area contributed by atoms with Gasteiger partial charge in [-0.1, -0.05) is 36.4 Å². The highest BCUT2D eigenvalue weighted by Crippen LogP contribution is 2.36. The third-order valence-electron chi connectivity index (χ3n) is 4.56. The van der Waals surface area contributed by atoms with Crippen LogP contribution in [0.3, 0.4) is 0 Å². The molecule has 0 spiro atoms. The molecule has 140 valence electrons. The number of benzene rings is 1. The summed E-state index contributed by atoms with van der Waals surface area (Å²) in [6, 6.07) is 8.98. The Morgan fingerprint density at radius 2 is 1.92 bits per heavy atom. The van der Waals surface area contributed by atoms with E-state index in [2.05, 4.69) is 5.32 Å². The van der Waals surface area contributed by atoms with E-state index in [0.29, 0.717) is 12.8 Å². The van der Waals surface area contributed by atoms with Crippen LogP contribution in [0.5, 0.6) is 0 Å². The van der Waals surface area contributed by atoms with Crippen molar-refractivity contribution in [2.75, 3.05) is 0 Å². The van der Waals surface area contributed by atoms with E-state index in [1.54, 1.807) is 24.3 Å². The molecule has 1 aromatic rings. The normalized spacial score (nSPS) is 16.1. The maximum Gasteiger partial charge on any atom is 0.412 e. The standard InChI is InChI=1S/C18H22N2O6/c21-16(22)15(9-6-12-18(20(24)25)10-4-5-11-18)19-17(23)26-13-14-7-2-1-3-8-14/h1-3,7-9H,4-6,10-13H2,(H,19,23)(H,21,22). The predicted molar refractivity (Wildman–Crippen MR) is 92.9 cm³/mol. The van der Waals surface area contributed by atoms with E-state index in [-0.39, 0.29) is 30.1 Å². The number of carboxylic acid groups (broad SMARTS) is 1. The molecule has 0 saturated heterocycles. The highest BCUT2D eigenvalue weighted by atomic mass is 16.6. The summed E-state index contributed by atoms with van der Waals surface area (Å²) in [5.74, 6) is -1.32. The van der Waals surface area contributed by atoms with Crippen LogP contribution in [-0.4, -0.2) is 27.6 Å². The average Bonchev–Trinajstić information content (AvgIpc) is 3.10. The molecule has 0 radical (unpaired) electrons. The maximum atomic E-state index is 11.8. The molecule has 0 heterocycles. The molecule has 1 saturated carbocycles. The fraction of sp³-hybridized carbons (Fsp3) is 0.444. The molecule has 1 aliphatic rings. The van der Waals surface area contributed by atoms with Crippen molar-refractivity contribution < 1.29 is 24.4 Å². The Morgan fingerprint density at radius 1 is 1.27 bits per heavy atom. The van der Waals surface area contributed by atoms with Crippen LogP contribution >= 0.6 is 0 Å². The minimum absolute atomic E-state index is 0.0179. The Hall–Kier alpha value is -2.90. The lowest BCUT2D eigenvalue weighted by Crippen LogP contribution is -2.35. The van der Waals surface area contributed by atoms with E-state index in [1.807, 2.05) is 6.07 Å². The molecule has 0 aliphatic heterocycles. The van der Waals surface area contributed by atoms with Crippen molar-refractivity contribution in [3.8, 4) is 0 Å². The molecule has 1 fully saturated rings. The minimum Gasteiger partial charge on any atom is -0.477 e. The molecule has 2 rings (SSSR count). The molecule has 8 heteroatoms. The molecule has 1 aromatic carbocycles. The molecule has 0 bridgehead atoms. The smallest absolute Gasteiger partial charge is 0.412 e. The Morgan fingerprint density at radius 3 is 2.50 bits per heavy atom. The number of amides is 1. The molecular weight excluding hydrogens is 340 g/mol. The first-order valence-electron chi connectivity index (χ1n) is 8.49. The zero-order valence-electron chi connectivity index (χ0n) is 14.3. The quantitative estimate of drug-likeness (QED) is 0.416. The Bertz CT molecular complexity index is 680. The van der Waals surface area contributed by atoms with E-state index in [9.17, 15) is 24.8 Å². The zero-order chi connectivity index (χ0) is 19.0. The van der Waals surface area contributed by atoms with Crippen LogP contribution in [0.1, 0.15) is 44.1 Å². The van der Waals surface area contributed by atoms with Gasteiger partial charge >= 0.3 is 12.1 Å². The summed E-state index contributed by atoms with van der Waals surface area (Å²) in [4.78, 5) is 34.1. The van der Waals surface area contributed by atoms with Crippen molar-refractivity contribution in [3.05, 3.63) is 57.8 Å². The second-order valence-corrected chi connectivity index (χ2v) is 6.34. The monoisotopic (exact) mass is 362 g/mol. The van der Waals surface area contributed by atoms with Crippen LogP contribution in [0.25, 0.3) is 0 Å². The number of rotatable bonds is 8. The fourth-order valence-electron chi connectivity index (χ4n) is 3.10. The molecular formula is C18H22N2O6. The average molecular weight is 362 g/mol. The molecule has 1 amide bonds. The molecule has 1 aliphatic carbocycles. The van der Waals surface area contributed by atoms with Gasteiger partial charge in [-0.15, -0.1) is 0 Å². The topological polar surface area (TPSA) is 119 Å². The van der Waals surface area contributed by atoms with Crippen molar-refractivity contribution >= 4 is 12.1 Å². The summed E-state index contributed by atoms with van der Waals surface area (Å²) < 4.78 is 4.98. The SMILES string of the molecule is O=C(NC(=CCCC1([N+](=O)[O-])CCCC1)C(=O)O)OCc1ccccc1. The van der Waals surface area contributed by atoms with Gasteiger partial charge in [0, 0.05) is 24.2 Å². The van der Waals surface area contributed by atoms with Gasteiger partial charge in [-0.3, -0.25) is 15.4 Å². The fourth-order valence-corrected chi connectivity index (χ4v) is 3.10. The van der Waals surface area contributed by atoms with Gasteiger partial charge in [0.25, 0.3) is 0 Å². The van der Waals surface area contributed by atoms with Crippen LogP contribution < -0.4 is 5.32 Å². The highest BCUT2D eigenvalue weighted by Gasteiger charge is 2.44. The number of alkyl carbamates (subject to hydrolysis) is 1. The number of carbonyl (C=O) groups is 2. The van der Waals surface area contributed by atoms with Crippen LogP contribution in [0.4, 0.5) is 4.79 Å². The number of nitro groups is 1. The molecule has 0 unspecified atom stereocenters. The number of aliphatic carboxylic acids is 1. The van der Waals surface area contributed by atoms with E-state index in [4.69, 9.17) is 4.74 Å². The lowest BCUT2D eigenvalue weighted by Gasteiger charge is -2.18. The number of carbonyl (C=O) groups excluding carboxylic acids is 1. The van der Waals surface area contributed by atoms with Crippen molar-refractivity contribution in [3.63, 3.8) is 0 Å². The van der Waals surface area contributed by atoms with Gasteiger partial charge in [0.15, 0.2) is 0 Å². The molecule has 8 nitrogen and oxygen atoms in total. The molecule has 0 atom stereocenters. The number of carboxylic acids is 1. The summed E-state index contributed by atoms with van der Waals surface area (Å²) in [6.45, 7) is 0.0179. The second-order valence-electron chi connectivity index (χ2n) is 6.34. The second kappa shape index (κ2) is 8.98. The largest absolute Gasteiger partial charge is 0.477 e. The third kappa shape index (κ3) is 5.30. The van der Waals surface area contributed by atoms with E-state index in [1.165, 1.54) is 6.08 Å². The molecule has 0 aromatic heterocycles. The predicted octanol–water partition coefficient (Wildman–Crippen LogP) is 3.25. The van der Waals surface area contributed by atoms with Gasteiger partial charge in [-0.2, -0.15) is 0 Å². The van der Waals surface area contributed by atoms with Gasteiger partial charge in [-0.05, 0) is 24.8 Å². The first kappa shape index (κ1) is 19.4. The van der Waals surface area contributed by atoms with Crippen LogP contribution in [0.2, 0.25) is 0 Å². The van der Waals surface area contributed by atoms with E-state index < -0.39 is 17.6 Å². The number of nitrogens with one attached hydrogen (secondary N) is 1. The summed E-state index contributed by atoms with van der Waals surface area (Å²) in [6.07, 6.45) is 3.48. The summed E-state index contributed by atoms with van der Waals surface area (Å²) in [5, 5.41) is 22.7. The van der Waals surface area contributed by atoms with Gasteiger partial charge in [0.2, 0.25) is 5.54 Å². The summed E-state index contributed by atoms with van der Waals surface area (Å²) in [7, 11) is 0. The Labute approximate surface area is 151 Å². The van der Waals surface area contributed by atoms with Gasteiger partial charge < -0.3 is 9.84 Å². The minimum atomic E-state index is -1.32. The van der Waals surface area contributed by atoms with Crippen LogP contribution in [0.15, 0.2) is 42.1 Å². The number of allylic oxidation sites excluding steroid dienone is 1. The zero-order valence-corrected chi connectivity index (χ0v) is 14.3. The van der Waals surface area contributed by atoms with Crippen LogP contribution in [0, 0.1) is 10.1 Å². The van der Waals surface area contributed by atoms with E-state index >= 15 is 0 Å². The van der Waals surface area contributed by atoms with Crippen molar-refractivity contribution in [2.24, 2.45) is 0 Å². The molecule has 26 heavy (non-hydrogen) atoms. The summed E-state index contributed by atoms with van der Waals surface area (Å²) >= 11 is 0. The third-order valence-corrected chi connectivity index (χ3v) is 4.56. The number of hydrogen-bond donors (Lipinski definition) is 2. The number of ether oxygens (including phenoxy) is 1. The maximum absolute atomic E-state index is 11.8. The van der Waals surface area contributed by atoms with Gasteiger partial charge in [0.05, 0.1) is 0 Å². The number of nitrogens with zero attached hydrogens (tertiary/aromatic N) is 1. The molecule has 2 N–H and O–H groups in total. The van der Waals surface area contributed by atoms with E-state index in [0.717, 1.165) is 18.4 Å². The first-order chi connectivity index (χ1) is 12.4. The van der Waals surface area contributed by atoms with Crippen molar-refractivity contribution in [1.29, 1.82) is 0 Å². The summed E-state index contributed by atoms with van der Waals surface area (Å²) in [5.41, 5.74) is -0.536.